The van der Waals surface area contributed by atoms with Gasteiger partial charge in [0.25, 0.3) is 11.8 Å². The second-order valence-corrected chi connectivity index (χ2v) is 7.53. The highest BCUT2D eigenvalue weighted by atomic mass is 16.3. The van der Waals surface area contributed by atoms with E-state index in [4.69, 9.17) is 4.42 Å². The molecule has 1 N–H and O–H groups in total. The Hall–Kier alpha value is -4.19. The van der Waals surface area contributed by atoms with Crippen LogP contribution in [0.5, 0.6) is 0 Å². The molecule has 1 aliphatic heterocycles. The zero-order chi connectivity index (χ0) is 21.5. The first-order chi connectivity index (χ1) is 15.0. The summed E-state index contributed by atoms with van der Waals surface area (Å²) in [5.41, 5.74) is 4.30. The van der Waals surface area contributed by atoms with Crippen molar-refractivity contribution < 1.29 is 18.8 Å². The van der Waals surface area contributed by atoms with E-state index < -0.39 is 0 Å². The van der Waals surface area contributed by atoms with Crippen molar-refractivity contribution >= 4 is 40.1 Å². The molecular weight excluding hydrogens is 392 g/mol. The summed E-state index contributed by atoms with van der Waals surface area (Å²) in [5, 5.41) is 3.74. The number of nitrogens with zero attached hydrogens (tertiary/aromatic N) is 1. The van der Waals surface area contributed by atoms with Crippen LogP contribution in [0.2, 0.25) is 0 Å². The first-order valence-electron chi connectivity index (χ1n) is 9.86. The summed E-state index contributed by atoms with van der Waals surface area (Å²) in [7, 11) is 0. The molecule has 0 bridgehead atoms. The predicted molar refractivity (Wildman–Crippen MR) is 117 cm³/mol. The molecule has 0 saturated carbocycles. The number of nitrogens with one attached hydrogen (secondary N) is 1. The van der Waals surface area contributed by atoms with Crippen molar-refractivity contribution in [2.75, 3.05) is 10.2 Å². The van der Waals surface area contributed by atoms with Crippen LogP contribution < -0.4 is 10.2 Å². The number of imide groups is 1. The molecule has 2 heterocycles. The molecule has 6 heteroatoms. The summed E-state index contributed by atoms with van der Waals surface area (Å²) in [4.78, 5) is 39.2. The van der Waals surface area contributed by atoms with E-state index >= 15 is 0 Å². The van der Waals surface area contributed by atoms with Gasteiger partial charge in [-0.05, 0) is 48.9 Å². The minimum absolute atomic E-state index is 0.146. The first kappa shape index (κ1) is 18.8. The van der Waals surface area contributed by atoms with Gasteiger partial charge in [-0.25, -0.2) is 4.90 Å². The Kier molecular flexibility index (Phi) is 4.40. The smallest absolute Gasteiger partial charge is 0.266 e. The molecule has 3 aromatic carbocycles. The van der Waals surface area contributed by atoms with Crippen LogP contribution in [0.25, 0.3) is 11.0 Å². The number of benzene rings is 3. The Morgan fingerprint density at radius 2 is 1.68 bits per heavy atom. The summed E-state index contributed by atoms with van der Waals surface area (Å²) < 4.78 is 5.56. The van der Waals surface area contributed by atoms with Gasteiger partial charge in [-0.15, -0.1) is 0 Å². The van der Waals surface area contributed by atoms with Gasteiger partial charge < -0.3 is 9.73 Å². The third-order valence-corrected chi connectivity index (χ3v) is 5.34. The molecule has 152 valence electrons. The normalized spacial score (nSPS) is 13.0. The summed E-state index contributed by atoms with van der Waals surface area (Å²) in [6, 6.07) is 19.3. The fraction of sp³-hybridized carbons (Fsp3) is 0.0800. The Morgan fingerprint density at radius 1 is 0.935 bits per heavy atom. The zero-order valence-corrected chi connectivity index (χ0v) is 16.7. The number of amides is 3. The lowest BCUT2D eigenvalue weighted by Gasteiger charge is -2.15. The molecule has 3 amide bonds. The predicted octanol–water partition coefficient (Wildman–Crippen LogP) is 4.72. The van der Waals surface area contributed by atoms with Crippen LogP contribution in [-0.2, 0) is 11.2 Å². The number of hydrogen-bond donors (Lipinski definition) is 1. The third-order valence-electron chi connectivity index (χ3n) is 5.34. The maximum Gasteiger partial charge on any atom is 0.266 e. The van der Waals surface area contributed by atoms with Crippen molar-refractivity contribution in [1.82, 2.24) is 0 Å². The lowest BCUT2D eigenvalue weighted by Crippen LogP contribution is -2.29. The highest BCUT2D eigenvalue weighted by Crippen LogP contribution is 2.30. The third kappa shape index (κ3) is 3.28. The van der Waals surface area contributed by atoms with Gasteiger partial charge in [0.15, 0.2) is 0 Å². The molecule has 5 rings (SSSR count). The maximum atomic E-state index is 12.7. The highest BCUT2D eigenvalue weighted by Gasteiger charge is 2.36. The maximum absolute atomic E-state index is 12.7. The number of rotatable bonds is 4. The molecule has 31 heavy (non-hydrogen) atoms. The van der Waals surface area contributed by atoms with Gasteiger partial charge in [-0.1, -0.05) is 30.3 Å². The van der Waals surface area contributed by atoms with Crippen LogP contribution in [0.1, 0.15) is 31.8 Å². The monoisotopic (exact) mass is 410 g/mol. The second-order valence-electron chi connectivity index (χ2n) is 7.53. The Bertz CT molecular complexity index is 1330. The van der Waals surface area contributed by atoms with Gasteiger partial charge in [0.1, 0.15) is 5.58 Å². The van der Waals surface area contributed by atoms with E-state index in [1.807, 2.05) is 25.1 Å². The minimum Gasteiger partial charge on any atom is -0.464 e. The van der Waals surface area contributed by atoms with Crippen molar-refractivity contribution in [2.45, 2.75) is 13.3 Å². The van der Waals surface area contributed by atoms with Gasteiger partial charge in [0.2, 0.25) is 5.91 Å². The number of carbonyl (C=O) groups is 3. The average Bonchev–Trinajstić information content (AvgIpc) is 3.26. The van der Waals surface area contributed by atoms with Crippen LogP contribution in [0, 0.1) is 6.92 Å². The fourth-order valence-corrected chi connectivity index (χ4v) is 3.85. The Morgan fingerprint density at radius 3 is 2.42 bits per heavy atom. The van der Waals surface area contributed by atoms with Crippen LogP contribution in [0.15, 0.2) is 77.4 Å². The van der Waals surface area contributed by atoms with Crippen molar-refractivity contribution in [2.24, 2.45) is 0 Å². The van der Waals surface area contributed by atoms with E-state index in [2.05, 4.69) is 5.32 Å². The summed E-state index contributed by atoms with van der Waals surface area (Å²) in [6.45, 7) is 1.98. The summed E-state index contributed by atoms with van der Waals surface area (Å²) in [5.74, 6) is -0.962. The van der Waals surface area contributed by atoms with Crippen LogP contribution in [-0.4, -0.2) is 17.7 Å². The number of carbonyl (C=O) groups excluding carboxylic acids is 3. The average molecular weight is 410 g/mol. The van der Waals surface area contributed by atoms with E-state index in [0.717, 1.165) is 27.0 Å². The van der Waals surface area contributed by atoms with Gasteiger partial charge in [0, 0.05) is 16.6 Å². The number of aryl methyl sites for hydroxylation is 1. The molecule has 0 saturated heterocycles. The number of furan rings is 1. The van der Waals surface area contributed by atoms with Gasteiger partial charge in [-0.2, -0.15) is 0 Å². The van der Waals surface area contributed by atoms with Crippen LogP contribution >= 0.6 is 0 Å². The van der Waals surface area contributed by atoms with Crippen molar-refractivity contribution in [3.63, 3.8) is 0 Å². The molecule has 0 unspecified atom stereocenters. The van der Waals surface area contributed by atoms with E-state index in [-0.39, 0.29) is 24.1 Å². The molecule has 0 atom stereocenters. The molecule has 0 radical (unpaired) electrons. The minimum atomic E-state index is -0.371. The fourth-order valence-electron chi connectivity index (χ4n) is 3.85. The summed E-state index contributed by atoms with van der Waals surface area (Å²) >= 11 is 0. The quantitative estimate of drug-likeness (QED) is 0.494. The number of fused-ring (bicyclic) bond motifs is 2. The molecular formula is C25H18N2O4. The highest BCUT2D eigenvalue weighted by molar-refractivity contribution is 6.34. The lowest BCUT2D eigenvalue weighted by molar-refractivity contribution is -0.115. The van der Waals surface area contributed by atoms with Gasteiger partial charge >= 0.3 is 0 Å². The second kappa shape index (κ2) is 7.25. The number of hydrogen-bond acceptors (Lipinski definition) is 4. The Balaban J connectivity index is 1.35. The first-order valence-corrected chi connectivity index (χ1v) is 9.86. The van der Waals surface area contributed by atoms with Crippen molar-refractivity contribution in [1.29, 1.82) is 0 Å². The van der Waals surface area contributed by atoms with E-state index in [1.54, 1.807) is 54.8 Å². The van der Waals surface area contributed by atoms with E-state index in [0.29, 0.717) is 22.5 Å². The molecule has 1 aromatic heterocycles. The van der Waals surface area contributed by atoms with Gasteiger partial charge in [0.05, 0.1) is 29.5 Å². The molecule has 0 aliphatic carbocycles. The zero-order valence-electron chi connectivity index (χ0n) is 16.7. The molecule has 1 aliphatic rings. The topological polar surface area (TPSA) is 79.6 Å². The van der Waals surface area contributed by atoms with Crippen LogP contribution in [0.3, 0.4) is 0 Å². The lowest BCUT2D eigenvalue weighted by atomic mass is 10.1. The van der Waals surface area contributed by atoms with Crippen molar-refractivity contribution in [3.8, 4) is 0 Å². The molecule has 0 fully saturated rings. The molecule has 6 nitrogen and oxygen atoms in total. The summed E-state index contributed by atoms with van der Waals surface area (Å²) in [6.07, 6.45) is 1.74. The standard InChI is InChI=1S/C25H18N2O4/c1-15-9-10-19-16(14-31-22(19)11-15)12-23(28)26-17-5-4-6-18(13-17)27-24(29)20-7-2-3-8-21(20)25(27)30/h2-11,13-14H,12H2,1H3,(H,26,28). The molecule has 4 aromatic rings. The SMILES string of the molecule is Cc1ccc2c(CC(=O)Nc3cccc(N4C(=O)c5ccccc5C4=O)c3)coc2c1. The van der Waals surface area contributed by atoms with Crippen LogP contribution in [0.4, 0.5) is 11.4 Å². The number of anilines is 2. The van der Waals surface area contributed by atoms with Crippen molar-refractivity contribution in [3.05, 3.63) is 95.2 Å². The Labute approximate surface area is 178 Å². The van der Waals surface area contributed by atoms with Gasteiger partial charge in [-0.3, -0.25) is 14.4 Å². The largest absolute Gasteiger partial charge is 0.464 e. The van der Waals surface area contributed by atoms with E-state index in [9.17, 15) is 14.4 Å². The van der Waals surface area contributed by atoms with E-state index in [1.165, 1.54) is 0 Å². The molecule has 0 spiro atoms.